The van der Waals surface area contributed by atoms with Crippen molar-refractivity contribution >= 4 is 18.0 Å². The molecule has 7 heteroatoms. The molecule has 3 aliphatic rings. The van der Waals surface area contributed by atoms with E-state index in [1.165, 1.54) is 11.9 Å². The molecule has 2 amide bonds. The van der Waals surface area contributed by atoms with Crippen molar-refractivity contribution in [1.29, 1.82) is 0 Å². The lowest BCUT2D eigenvalue weighted by molar-refractivity contribution is -0.157. The molecule has 0 bridgehead atoms. The largest absolute Gasteiger partial charge is 0.480 e. The van der Waals surface area contributed by atoms with Gasteiger partial charge in [-0.05, 0) is 53.4 Å². The average Bonchev–Trinajstić information content (AvgIpc) is 3.06. The molecule has 0 saturated heterocycles. The molecule has 2 aromatic carbocycles. The Morgan fingerprint density at radius 2 is 1.61 bits per heavy atom. The summed E-state index contributed by atoms with van der Waals surface area (Å²) in [5.74, 6) is -1.51. The van der Waals surface area contributed by atoms with Crippen LogP contribution in [0, 0.1) is 5.41 Å². The van der Waals surface area contributed by atoms with E-state index in [-0.39, 0.29) is 23.8 Å². The number of nitrogens with one attached hydrogen (secondary N) is 1. The molecular weight excluding hydrogens is 420 g/mol. The first-order valence-electron chi connectivity index (χ1n) is 11.4. The van der Waals surface area contributed by atoms with Crippen LogP contribution in [0.3, 0.4) is 0 Å². The Kier molecular flexibility index (Phi) is 5.15. The number of likely N-dealkylation sites (N-methyl/N-ethyl adjacent to an activating group) is 1. The third-order valence-electron chi connectivity index (χ3n) is 7.58. The van der Waals surface area contributed by atoms with Crippen molar-refractivity contribution in [3.05, 3.63) is 59.7 Å². The fraction of sp³-hybridized carbons (Fsp3) is 0.423. The number of carboxylic acid groups (broad SMARTS) is 1. The van der Waals surface area contributed by atoms with Gasteiger partial charge in [0.15, 0.2) is 0 Å². The Bertz CT molecular complexity index is 1070. The van der Waals surface area contributed by atoms with E-state index in [0.29, 0.717) is 12.8 Å². The lowest BCUT2D eigenvalue weighted by Gasteiger charge is -2.60. The molecule has 1 spiro atoms. The standard InChI is InChI=1S/C26H28N2O5/c1-28(13-22(29)30)23(31)26(15-25(16-26)11-6-12-25)27-24(32)33-14-21-19-9-4-2-7-17(19)18-8-3-5-10-20(18)21/h2-5,7-10,21H,6,11-16H2,1H3,(H,27,32)(H,29,30). The van der Waals surface area contributed by atoms with E-state index in [0.717, 1.165) is 41.5 Å². The molecule has 0 heterocycles. The number of hydrogen-bond donors (Lipinski definition) is 2. The molecule has 2 N–H and O–H groups in total. The molecule has 33 heavy (non-hydrogen) atoms. The number of amides is 2. The van der Waals surface area contributed by atoms with Crippen LogP contribution in [0.2, 0.25) is 0 Å². The van der Waals surface area contributed by atoms with Gasteiger partial charge in [-0.3, -0.25) is 9.59 Å². The van der Waals surface area contributed by atoms with Gasteiger partial charge in [0.1, 0.15) is 18.7 Å². The number of ether oxygens (including phenoxy) is 1. The van der Waals surface area contributed by atoms with Crippen molar-refractivity contribution in [3.8, 4) is 11.1 Å². The third kappa shape index (κ3) is 3.65. The van der Waals surface area contributed by atoms with Gasteiger partial charge in [0.25, 0.3) is 0 Å². The molecule has 172 valence electrons. The smallest absolute Gasteiger partial charge is 0.408 e. The normalized spacial score (nSPS) is 18.9. The molecule has 7 nitrogen and oxygen atoms in total. The van der Waals surface area contributed by atoms with Crippen molar-refractivity contribution in [1.82, 2.24) is 10.2 Å². The summed E-state index contributed by atoms with van der Waals surface area (Å²) < 4.78 is 5.66. The molecule has 0 atom stereocenters. The minimum Gasteiger partial charge on any atom is -0.480 e. The van der Waals surface area contributed by atoms with E-state index in [4.69, 9.17) is 9.84 Å². The van der Waals surface area contributed by atoms with Gasteiger partial charge in [-0.15, -0.1) is 0 Å². The molecule has 0 aromatic heterocycles. The van der Waals surface area contributed by atoms with Crippen LogP contribution in [-0.4, -0.2) is 53.7 Å². The maximum absolute atomic E-state index is 13.1. The zero-order chi connectivity index (χ0) is 23.2. The van der Waals surface area contributed by atoms with E-state index in [2.05, 4.69) is 29.6 Å². The van der Waals surface area contributed by atoms with Crippen LogP contribution in [0.1, 0.15) is 49.1 Å². The first-order valence-corrected chi connectivity index (χ1v) is 11.4. The van der Waals surface area contributed by atoms with E-state index in [9.17, 15) is 14.4 Å². The zero-order valence-electron chi connectivity index (χ0n) is 18.7. The quantitative estimate of drug-likeness (QED) is 0.701. The van der Waals surface area contributed by atoms with Gasteiger partial charge in [-0.1, -0.05) is 55.0 Å². The summed E-state index contributed by atoms with van der Waals surface area (Å²) in [5.41, 5.74) is 3.54. The Morgan fingerprint density at radius 3 is 2.12 bits per heavy atom. The number of rotatable bonds is 6. The highest BCUT2D eigenvalue weighted by Crippen LogP contribution is 2.60. The van der Waals surface area contributed by atoms with Crippen molar-refractivity contribution in [2.75, 3.05) is 20.2 Å². The Morgan fingerprint density at radius 1 is 1.03 bits per heavy atom. The monoisotopic (exact) mass is 448 g/mol. The second-order valence-electron chi connectivity index (χ2n) is 9.79. The molecule has 2 fully saturated rings. The number of carboxylic acids is 1. The molecule has 2 aromatic rings. The van der Waals surface area contributed by atoms with Gasteiger partial charge in [0.05, 0.1) is 0 Å². The minimum absolute atomic E-state index is 0.0659. The van der Waals surface area contributed by atoms with Crippen LogP contribution in [-0.2, 0) is 14.3 Å². The number of alkyl carbamates (subject to hydrolysis) is 1. The number of carbonyl (C=O) groups is 3. The molecule has 3 aliphatic carbocycles. The number of aliphatic carboxylic acids is 1. The SMILES string of the molecule is CN(CC(=O)O)C(=O)C1(NC(=O)OCC2c3ccccc3-c3ccccc32)CC2(CCC2)C1. The van der Waals surface area contributed by atoms with Crippen molar-refractivity contribution in [2.45, 2.75) is 43.6 Å². The molecule has 0 aliphatic heterocycles. The number of fused-ring (bicyclic) bond motifs is 3. The first kappa shape index (κ1) is 21.5. The van der Waals surface area contributed by atoms with Gasteiger partial charge in [0.2, 0.25) is 5.91 Å². The predicted molar refractivity (Wildman–Crippen MR) is 122 cm³/mol. The Balaban J connectivity index is 1.29. The summed E-state index contributed by atoms with van der Waals surface area (Å²) >= 11 is 0. The third-order valence-corrected chi connectivity index (χ3v) is 7.58. The van der Waals surface area contributed by atoms with Gasteiger partial charge in [-0.25, -0.2) is 4.79 Å². The van der Waals surface area contributed by atoms with E-state index >= 15 is 0 Å². The average molecular weight is 449 g/mol. The zero-order valence-corrected chi connectivity index (χ0v) is 18.7. The number of carbonyl (C=O) groups excluding carboxylic acids is 2. The van der Waals surface area contributed by atoms with Gasteiger partial charge >= 0.3 is 12.1 Å². The van der Waals surface area contributed by atoms with Crippen LogP contribution in [0.25, 0.3) is 11.1 Å². The molecule has 0 radical (unpaired) electrons. The Labute approximate surface area is 192 Å². The minimum atomic E-state index is -1.09. The number of nitrogens with zero attached hydrogens (tertiary/aromatic N) is 1. The Hall–Kier alpha value is -3.35. The second kappa shape index (κ2) is 7.90. The lowest BCUT2D eigenvalue weighted by atomic mass is 9.48. The van der Waals surface area contributed by atoms with Gasteiger partial charge in [0, 0.05) is 13.0 Å². The highest BCUT2D eigenvalue weighted by Gasteiger charge is 2.62. The van der Waals surface area contributed by atoms with Crippen molar-refractivity contribution < 1.29 is 24.2 Å². The maximum atomic E-state index is 13.1. The molecular formula is C26H28N2O5. The summed E-state index contributed by atoms with van der Waals surface area (Å²) in [4.78, 5) is 38.3. The summed E-state index contributed by atoms with van der Waals surface area (Å²) in [7, 11) is 1.46. The maximum Gasteiger partial charge on any atom is 0.408 e. The summed E-state index contributed by atoms with van der Waals surface area (Å²) in [5, 5.41) is 11.9. The summed E-state index contributed by atoms with van der Waals surface area (Å²) in [6, 6.07) is 16.2. The fourth-order valence-electron chi connectivity index (χ4n) is 6.02. The van der Waals surface area contributed by atoms with E-state index in [1.807, 2.05) is 24.3 Å². The van der Waals surface area contributed by atoms with Crippen LogP contribution in [0.5, 0.6) is 0 Å². The van der Waals surface area contributed by atoms with E-state index in [1.54, 1.807) is 0 Å². The number of hydrogen-bond acceptors (Lipinski definition) is 4. The highest BCUT2D eigenvalue weighted by molar-refractivity contribution is 5.93. The number of benzene rings is 2. The molecule has 2 saturated carbocycles. The van der Waals surface area contributed by atoms with Crippen molar-refractivity contribution in [2.24, 2.45) is 5.41 Å². The topological polar surface area (TPSA) is 95.9 Å². The highest BCUT2D eigenvalue weighted by atomic mass is 16.5. The van der Waals surface area contributed by atoms with Crippen LogP contribution >= 0.6 is 0 Å². The summed E-state index contributed by atoms with van der Waals surface area (Å²) in [6.45, 7) is -0.236. The fourth-order valence-corrected chi connectivity index (χ4v) is 6.02. The summed E-state index contributed by atoms with van der Waals surface area (Å²) in [6.07, 6.45) is 3.64. The predicted octanol–water partition coefficient (Wildman–Crippen LogP) is 3.77. The lowest BCUT2D eigenvalue weighted by Crippen LogP contribution is -2.70. The van der Waals surface area contributed by atoms with Gasteiger partial charge in [-0.2, -0.15) is 0 Å². The molecule has 0 unspecified atom stereocenters. The van der Waals surface area contributed by atoms with Gasteiger partial charge < -0.3 is 20.1 Å². The second-order valence-corrected chi connectivity index (χ2v) is 9.79. The van der Waals surface area contributed by atoms with Crippen LogP contribution in [0.4, 0.5) is 4.79 Å². The first-order chi connectivity index (χ1) is 15.8. The van der Waals surface area contributed by atoms with E-state index < -0.39 is 24.1 Å². The molecule has 5 rings (SSSR count). The van der Waals surface area contributed by atoms with Crippen LogP contribution in [0.15, 0.2) is 48.5 Å². The van der Waals surface area contributed by atoms with Crippen LogP contribution < -0.4 is 5.32 Å². The van der Waals surface area contributed by atoms with Crippen molar-refractivity contribution in [3.63, 3.8) is 0 Å².